The number of benzene rings is 4. The zero-order chi connectivity index (χ0) is 29.5. The van der Waals surface area contributed by atoms with Crippen LogP contribution in [0.25, 0.3) is 11.1 Å². The number of carbonyl (C=O) groups is 2. The van der Waals surface area contributed by atoms with Crippen LogP contribution in [0, 0.1) is 0 Å². The van der Waals surface area contributed by atoms with Crippen LogP contribution < -0.4 is 0 Å². The molecule has 0 N–H and O–H groups in total. The second kappa shape index (κ2) is 12.8. The average Bonchev–Trinajstić information content (AvgIpc) is 3.33. The highest BCUT2D eigenvalue weighted by molar-refractivity contribution is 6.04. The van der Waals surface area contributed by atoms with Crippen molar-refractivity contribution in [3.63, 3.8) is 0 Å². The molecule has 0 heterocycles. The SMILES string of the molecule is CCC1(CC)c2ccccc2-c2ccc(/C(CC/C(C)=N/OC(=O)c3ccccc3)=N/OC(=O)c3ccccc3)cc21. The van der Waals surface area contributed by atoms with Gasteiger partial charge in [-0.1, -0.05) is 97.0 Å². The third-order valence-electron chi connectivity index (χ3n) is 8.07. The molecular weight excluding hydrogens is 524 g/mol. The maximum atomic E-state index is 12.8. The zero-order valence-electron chi connectivity index (χ0n) is 24.2. The molecular formula is C36H34N2O4. The van der Waals surface area contributed by atoms with Crippen molar-refractivity contribution in [2.75, 3.05) is 0 Å². The molecule has 0 fully saturated rings. The Hall–Kier alpha value is -4.84. The van der Waals surface area contributed by atoms with E-state index in [9.17, 15) is 9.59 Å². The van der Waals surface area contributed by atoms with E-state index in [0.717, 1.165) is 18.4 Å². The van der Waals surface area contributed by atoms with Gasteiger partial charge in [0.2, 0.25) is 0 Å². The number of rotatable bonds is 10. The molecule has 0 aliphatic heterocycles. The topological polar surface area (TPSA) is 77.3 Å². The Kier molecular flexibility index (Phi) is 8.72. The molecule has 0 atom stereocenters. The molecule has 0 radical (unpaired) electrons. The lowest BCUT2D eigenvalue weighted by Gasteiger charge is -2.30. The summed E-state index contributed by atoms with van der Waals surface area (Å²) in [7, 11) is 0. The van der Waals surface area contributed by atoms with Crippen molar-refractivity contribution in [2.45, 2.75) is 51.9 Å². The average molecular weight is 559 g/mol. The van der Waals surface area contributed by atoms with Gasteiger partial charge in [-0.2, -0.15) is 0 Å². The first kappa shape index (κ1) is 28.7. The minimum Gasteiger partial charge on any atom is -0.313 e. The molecule has 6 nitrogen and oxygen atoms in total. The van der Waals surface area contributed by atoms with Gasteiger partial charge >= 0.3 is 11.9 Å². The summed E-state index contributed by atoms with van der Waals surface area (Å²) in [5.74, 6) is -1.05. The van der Waals surface area contributed by atoms with Gasteiger partial charge in [-0.15, -0.1) is 0 Å². The largest absolute Gasteiger partial charge is 0.365 e. The summed E-state index contributed by atoms with van der Waals surface area (Å²) in [5.41, 5.74) is 7.96. The molecule has 0 saturated heterocycles. The number of oxime groups is 2. The van der Waals surface area contributed by atoms with Crippen molar-refractivity contribution in [2.24, 2.45) is 10.3 Å². The predicted octanol–water partition coefficient (Wildman–Crippen LogP) is 8.35. The van der Waals surface area contributed by atoms with Gasteiger partial charge in [0, 0.05) is 5.41 Å². The lowest BCUT2D eigenvalue weighted by atomic mass is 9.73. The molecule has 0 amide bonds. The second-order valence-corrected chi connectivity index (χ2v) is 10.4. The van der Waals surface area contributed by atoms with E-state index in [-0.39, 0.29) is 5.41 Å². The number of nitrogens with zero attached hydrogens (tertiary/aromatic N) is 2. The highest BCUT2D eigenvalue weighted by Crippen LogP contribution is 2.52. The standard InChI is InChI=1S/C36H34N2O4/c1-4-36(5-2)31-19-13-12-18-29(31)30-22-21-28(24-32(30)36)33(38-42-35(40)27-16-10-7-11-17-27)23-20-25(3)37-41-34(39)26-14-8-6-9-15-26/h6-19,21-22,24H,4-5,20,23H2,1-3H3/b37-25+,38-33+. The molecule has 6 heteroatoms. The molecule has 1 aliphatic rings. The lowest BCUT2D eigenvalue weighted by Crippen LogP contribution is -2.23. The molecule has 1 aliphatic carbocycles. The first-order valence-corrected chi connectivity index (χ1v) is 14.3. The Labute approximate surface area is 246 Å². The summed E-state index contributed by atoms with van der Waals surface area (Å²) >= 11 is 0. The van der Waals surface area contributed by atoms with Gasteiger partial charge in [0.15, 0.2) is 0 Å². The third kappa shape index (κ3) is 5.79. The minimum absolute atomic E-state index is 0.100. The van der Waals surface area contributed by atoms with Crippen LogP contribution in [0.1, 0.15) is 83.9 Å². The van der Waals surface area contributed by atoms with Crippen LogP contribution in [0.3, 0.4) is 0 Å². The van der Waals surface area contributed by atoms with Gasteiger partial charge in [0.25, 0.3) is 0 Å². The van der Waals surface area contributed by atoms with Crippen molar-refractivity contribution in [1.29, 1.82) is 0 Å². The summed E-state index contributed by atoms with van der Waals surface area (Å²) in [5, 5.41) is 8.41. The van der Waals surface area contributed by atoms with Crippen LogP contribution >= 0.6 is 0 Å². The lowest BCUT2D eigenvalue weighted by molar-refractivity contribution is 0.0505. The minimum atomic E-state index is -0.527. The fourth-order valence-corrected chi connectivity index (χ4v) is 5.70. The monoisotopic (exact) mass is 558 g/mol. The molecule has 0 saturated carbocycles. The Morgan fingerprint density at radius 1 is 0.619 bits per heavy atom. The predicted molar refractivity (Wildman–Crippen MR) is 166 cm³/mol. The van der Waals surface area contributed by atoms with Gasteiger partial charge in [0.1, 0.15) is 0 Å². The van der Waals surface area contributed by atoms with Gasteiger partial charge in [-0.25, -0.2) is 9.59 Å². The molecule has 0 unspecified atom stereocenters. The van der Waals surface area contributed by atoms with E-state index in [4.69, 9.17) is 9.68 Å². The van der Waals surface area contributed by atoms with Crippen LogP contribution in [-0.4, -0.2) is 23.4 Å². The molecule has 4 aromatic rings. The number of hydrogen-bond acceptors (Lipinski definition) is 6. The Morgan fingerprint density at radius 3 is 1.79 bits per heavy atom. The maximum absolute atomic E-state index is 12.8. The van der Waals surface area contributed by atoms with E-state index in [1.54, 1.807) is 55.5 Å². The van der Waals surface area contributed by atoms with Crippen molar-refractivity contribution >= 4 is 23.4 Å². The first-order valence-electron chi connectivity index (χ1n) is 14.3. The molecule has 42 heavy (non-hydrogen) atoms. The highest BCUT2D eigenvalue weighted by Gasteiger charge is 2.40. The summed E-state index contributed by atoms with van der Waals surface area (Å²) < 4.78 is 0. The van der Waals surface area contributed by atoms with Crippen LogP contribution in [0.2, 0.25) is 0 Å². The summed E-state index contributed by atoms with van der Waals surface area (Å²) in [6.45, 7) is 6.26. The Bertz CT molecular complexity index is 1640. The number of hydrogen-bond donors (Lipinski definition) is 0. The molecule has 4 aromatic carbocycles. The fourth-order valence-electron chi connectivity index (χ4n) is 5.70. The van der Waals surface area contributed by atoms with Crippen molar-refractivity contribution < 1.29 is 19.3 Å². The van der Waals surface area contributed by atoms with E-state index in [2.05, 4.69) is 60.6 Å². The van der Waals surface area contributed by atoms with Crippen LogP contribution in [0.4, 0.5) is 0 Å². The number of carbonyl (C=O) groups excluding carboxylic acids is 2. The van der Waals surface area contributed by atoms with Gasteiger partial charge in [-0.05, 0) is 90.8 Å². The molecule has 212 valence electrons. The Balaban J connectivity index is 1.43. The highest BCUT2D eigenvalue weighted by atomic mass is 16.7. The quantitative estimate of drug-likeness (QED) is 0.111. The molecule has 0 spiro atoms. The Morgan fingerprint density at radius 2 is 1.17 bits per heavy atom. The van der Waals surface area contributed by atoms with Gasteiger partial charge in [-0.3, -0.25) is 0 Å². The summed E-state index contributed by atoms with van der Waals surface area (Å²) in [6, 6.07) is 32.5. The summed E-state index contributed by atoms with van der Waals surface area (Å²) in [6.07, 6.45) is 2.81. The van der Waals surface area contributed by atoms with E-state index >= 15 is 0 Å². The van der Waals surface area contributed by atoms with Gasteiger partial charge in [0.05, 0.1) is 22.6 Å². The zero-order valence-corrected chi connectivity index (χ0v) is 24.2. The maximum Gasteiger partial charge on any atom is 0.365 e. The van der Waals surface area contributed by atoms with Crippen molar-refractivity contribution in [3.05, 3.63) is 131 Å². The van der Waals surface area contributed by atoms with Crippen molar-refractivity contribution in [1.82, 2.24) is 0 Å². The fraction of sp³-hybridized carbons (Fsp3) is 0.222. The van der Waals surface area contributed by atoms with E-state index in [0.29, 0.717) is 35.4 Å². The van der Waals surface area contributed by atoms with Crippen LogP contribution in [0.5, 0.6) is 0 Å². The van der Waals surface area contributed by atoms with Crippen LogP contribution in [0.15, 0.2) is 113 Å². The van der Waals surface area contributed by atoms with Crippen molar-refractivity contribution in [3.8, 4) is 11.1 Å². The van der Waals surface area contributed by atoms with E-state index in [1.807, 2.05) is 18.2 Å². The number of fused-ring (bicyclic) bond motifs is 3. The molecule has 0 aromatic heterocycles. The van der Waals surface area contributed by atoms with E-state index in [1.165, 1.54) is 22.3 Å². The normalized spacial score (nSPS) is 13.7. The van der Waals surface area contributed by atoms with Gasteiger partial charge < -0.3 is 9.68 Å². The first-order chi connectivity index (χ1) is 20.5. The molecule has 0 bridgehead atoms. The summed E-state index contributed by atoms with van der Waals surface area (Å²) in [4.78, 5) is 35.7. The van der Waals surface area contributed by atoms with Crippen LogP contribution in [-0.2, 0) is 15.1 Å². The third-order valence-corrected chi connectivity index (χ3v) is 8.07. The second-order valence-electron chi connectivity index (χ2n) is 10.4. The molecule has 5 rings (SSSR count). The van der Waals surface area contributed by atoms with E-state index < -0.39 is 11.9 Å². The smallest absolute Gasteiger partial charge is 0.313 e.